The number of amides is 1. The largest absolute Gasteiger partial charge is 0.369 e. The third-order valence-electron chi connectivity index (χ3n) is 1.57. The molecule has 4 heteroatoms. The molecule has 1 saturated heterocycles. The van der Waals surface area contributed by atoms with Crippen LogP contribution in [0.25, 0.3) is 0 Å². The predicted octanol–water partition coefficient (Wildman–Crippen LogP) is 0.575. The minimum Gasteiger partial charge on any atom is -0.369 e. The summed E-state index contributed by atoms with van der Waals surface area (Å²) in [5, 5.41) is 1.38. The molecule has 4 nitrogen and oxygen atoms in total. The minimum absolute atomic E-state index is 0.0822. The molecule has 0 aliphatic carbocycles. The SMILES string of the molecule is CC(C)OCC(=O)N1CCCO1. The molecule has 1 rings (SSSR count). The van der Waals surface area contributed by atoms with Crippen LogP contribution in [0.1, 0.15) is 20.3 Å². The molecule has 0 spiro atoms. The molecule has 70 valence electrons. The van der Waals surface area contributed by atoms with Gasteiger partial charge in [-0.1, -0.05) is 0 Å². The number of nitrogens with zero attached hydrogens (tertiary/aromatic N) is 1. The Kier molecular flexibility index (Phi) is 3.49. The van der Waals surface area contributed by atoms with E-state index in [4.69, 9.17) is 9.57 Å². The second-order valence-corrected chi connectivity index (χ2v) is 3.04. The van der Waals surface area contributed by atoms with Crippen LogP contribution in [0.3, 0.4) is 0 Å². The minimum atomic E-state index is -0.0822. The first-order valence-electron chi connectivity index (χ1n) is 4.25. The van der Waals surface area contributed by atoms with Crippen molar-refractivity contribution in [2.75, 3.05) is 19.8 Å². The Morgan fingerprint density at radius 1 is 1.67 bits per heavy atom. The molecule has 0 atom stereocenters. The fourth-order valence-corrected chi connectivity index (χ4v) is 0.954. The first-order chi connectivity index (χ1) is 5.70. The molecule has 1 fully saturated rings. The Balaban J connectivity index is 2.18. The van der Waals surface area contributed by atoms with E-state index < -0.39 is 0 Å². The standard InChI is InChI=1S/C8H15NO3/c1-7(2)11-6-8(10)9-4-3-5-12-9/h7H,3-6H2,1-2H3. The van der Waals surface area contributed by atoms with Crippen LogP contribution in [0.4, 0.5) is 0 Å². The molecule has 1 heterocycles. The van der Waals surface area contributed by atoms with Crippen molar-refractivity contribution < 1.29 is 14.4 Å². The van der Waals surface area contributed by atoms with Gasteiger partial charge >= 0.3 is 0 Å². The van der Waals surface area contributed by atoms with E-state index in [9.17, 15) is 4.79 Å². The molecular formula is C8H15NO3. The highest BCUT2D eigenvalue weighted by molar-refractivity contribution is 5.76. The number of carbonyl (C=O) groups excluding carboxylic acids is 1. The van der Waals surface area contributed by atoms with E-state index in [1.54, 1.807) is 0 Å². The highest BCUT2D eigenvalue weighted by Crippen LogP contribution is 2.04. The molecule has 0 bridgehead atoms. The Bertz CT molecular complexity index is 152. The molecule has 1 aliphatic rings. The molecule has 0 saturated carbocycles. The third kappa shape index (κ3) is 2.79. The van der Waals surface area contributed by atoms with Crippen LogP contribution in [-0.4, -0.2) is 36.8 Å². The quantitative estimate of drug-likeness (QED) is 0.626. The van der Waals surface area contributed by atoms with Gasteiger partial charge in [-0.25, -0.2) is 5.06 Å². The van der Waals surface area contributed by atoms with Crippen LogP contribution in [0.15, 0.2) is 0 Å². The summed E-state index contributed by atoms with van der Waals surface area (Å²) in [5.41, 5.74) is 0. The Morgan fingerprint density at radius 3 is 2.92 bits per heavy atom. The van der Waals surface area contributed by atoms with Gasteiger partial charge in [-0.05, 0) is 20.3 Å². The molecule has 0 aromatic carbocycles. The van der Waals surface area contributed by atoms with Crippen LogP contribution in [-0.2, 0) is 14.4 Å². The van der Waals surface area contributed by atoms with E-state index in [0.29, 0.717) is 13.2 Å². The monoisotopic (exact) mass is 173 g/mol. The fourth-order valence-electron chi connectivity index (χ4n) is 0.954. The van der Waals surface area contributed by atoms with E-state index in [0.717, 1.165) is 6.42 Å². The number of hydrogen-bond acceptors (Lipinski definition) is 3. The number of ether oxygens (including phenoxy) is 1. The Labute approximate surface area is 72.4 Å². The van der Waals surface area contributed by atoms with Crippen LogP contribution < -0.4 is 0 Å². The highest BCUT2D eigenvalue weighted by Gasteiger charge is 2.19. The molecule has 12 heavy (non-hydrogen) atoms. The third-order valence-corrected chi connectivity index (χ3v) is 1.57. The molecule has 0 radical (unpaired) electrons. The van der Waals surface area contributed by atoms with Crippen molar-refractivity contribution in [3.05, 3.63) is 0 Å². The lowest BCUT2D eigenvalue weighted by atomic mass is 10.4. The van der Waals surface area contributed by atoms with Gasteiger partial charge in [0.25, 0.3) is 5.91 Å². The molecular weight excluding hydrogens is 158 g/mol. The van der Waals surface area contributed by atoms with Crippen LogP contribution in [0.2, 0.25) is 0 Å². The van der Waals surface area contributed by atoms with Gasteiger partial charge in [0.15, 0.2) is 0 Å². The van der Waals surface area contributed by atoms with Gasteiger partial charge in [-0.2, -0.15) is 0 Å². The van der Waals surface area contributed by atoms with Crippen molar-refractivity contribution in [2.45, 2.75) is 26.4 Å². The number of rotatable bonds is 3. The molecule has 1 aliphatic heterocycles. The lowest BCUT2D eigenvalue weighted by Gasteiger charge is -2.14. The zero-order chi connectivity index (χ0) is 8.97. The van der Waals surface area contributed by atoms with Gasteiger partial charge in [-0.3, -0.25) is 9.63 Å². The summed E-state index contributed by atoms with van der Waals surface area (Å²) >= 11 is 0. The van der Waals surface area contributed by atoms with Crippen molar-refractivity contribution in [1.29, 1.82) is 0 Å². The lowest BCUT2D eigenvalue weighted by Crippen LogP contribution is -2.31. The average molecular weight is 173 g/mol. The van der Waals surface area contributed by atoms with Gasteiger partial charge in [0.1, 0.15) is 6.61 Å². The molecule has 0 aromatic rings. The molecule has 0 N–H and O–H groups in total. The number of hydrogen-bond donors (Lipinski definition) is 0. The van der Waals surface area contributed by atoms with Crippen molar-refractivity contribution in [1.82, 2.24) is 5.06 Å². The second kappa shape index (κ2) is 4.42. The maximum Gasteiger partial charge on any atom is 0.272 e. The first-order valence-corrected chi connectivity index (χ1v) is 4.25. The van der Waals surface area contributed by atoms with Gasteiger partial charge < -0.3 is 4.74 Å². The molecule has 1 amide bonds. The predicted molar refractivity (Wildman–Crippen MR) is 43.4 cm³/mol. The Morgan fingerprint density at radius 2 is 2.42 bits per heavy atom. The van der Waals surface area contributed by atoms with Crippen molar-refractivity contribution >= 4 is 5.91 Å². The summed E-state index contributed by atoms with van der Waals surface area (Å²) in [6.45, 7) is 5.27. The van der Waals surface area contributed by atoms with Gasteiger partial charge in [0, 0.05) is 0 Å². The average Bonchev–Trinajstić information content (AvgIpc) is 2.51. The normalized spacial score (nSPS) is 17.4. The van der Waals surface area contributed by atoms with Crippen molar-refractivity contribution in [3.8, 4) is 0 Å². The van der Waals surface area contributed by atoms with E-state index in [2.05, 4.69) is 0 Å². The Hall–Kier alpha value is -0.610. The number of hydroxylamine groups is 2. The zero-order valence-electron chi connectivity index (χ0n) is 7.58. The van der Waals surface area contributed by atoms with Crippen molar-refractivity contribution in [3.63, 3.8) is 0 Å². The summed E-state index contributed by atoms with van der Waals surface area (Å²) in [7, 11) is 0. The molecule has 0 unspecified atom stereocenters. The maximum absolute atomic E-state index is 11.2. The highest BCUT2D eigenvalue weighted by atomic mass is 16.7. The van der Waals surface area contributed by atoms with E-state index >= 15 is 0 Å². The van der Waals surface area contributed by atoms with Gasteiger partial charge in [0.05, 0.1) is 19.3 Å². The first kappa shape index (κ1) is 9.48. The maximum atomic E-state index is 11.2. The zero-order valence-corrected chi connectivity index (χ0v) is 7.58. The topological polar surface area (TPSA) is 38.8 Å². The van der Waals surface area contributed by atoms with Crippen LogP contribution >= 0.6 is 0 Å². The van der Waals surface area contributed by atoms with E-state index in [-0.39, 0.29) is 18.6 Å². The van der Waals surface area contributed by atoms with Gasteiger partial charge in [0.2, 0.25) is 0 Å². The number of carbonyl (C=O) groups is 1. The second-order valence-electron chi connectivity index (χ2n) is 3.04. The van der Waals surface area contributed by atoms with Crippen molar-refractivity contribution in [2.24, 2.45) is 0 Å². The fraction of sp³-hybridized carbons (Fsp3) is 0.875. The smallest absolute Gasteiger partial charge is 0.272 e. The van der Waals surface area contributed by atoms with E-state index in [1.807, 2.05) is 13.8 Å². The van der Waals surface area contributed by atoms with E-state index in [1.165, 1.54) is 5.06 Å². The summed E-state index contributed by atoms with van der Waals surface area (Å²) in [5.74, 6) is -0.0822. The van der Waals surface area contributed by atoms with Gasteiger partial charge in [-0.15, -0.1) is 0 Å². The van der Waals surface area contributed by atoms with Crippen LogP contribution in [0.5, 0.6) is 0 Å². The summed E-state index contributed by atoms with van der Waals surface area (Å²) < 4.78 is 5.14. The summed E-state index contributed by atoms with van der Waals surface area (Å²) in [6.07, 6.45) is 1.02. The lowest BCUT2D eigenvalue weighted by molar-refractivity contribution is -0.174. The van der Waals surface area contributed by atoms with Crippen LogP contribution in [0, 0.1) is 0 Å². The molecule has 0 aromatic heterocycles. The summed E-state index contributed by atoms with van der Waals surface area (Å²) in [4.78, 5) is 16.3. The summed E-state index contributed by atoms with van der Waals surface area (Å²) in [6, 6.07) is 0.